The first kappa shape index (κ1) is 18.2. The molecule has 2 aliphatic heterocycles. The molecular weight excluding hydrogens is 338 g/mol. The van der Waals surface area contributed by atoms with E-state index >= 15 is 0 Å². The van der Waals surface area contributed by atoms with E-state index in [1.54, 1.807) is 0 Å². The van der Waals surface area contributed by atoms with E-state index in [-0.39, 0.29) is 29.0 Å². The van der Waals surface area contributed by atoms with Crippen molar-refractivity contribution in [2.24, 2.45) is 0 Å². The van der Waals surface area contributed by atoms with Crippen molar-refractivity contribution in [3.63, 3.8) is 0 Å². The van der Waals surface area contributed by atoms with Crippen molar-refractivity contribution in [2.45, 2.75) is 36.0 Å². The lowest BCUT2D eigenvalue weighted by atomic mass is 10.0. The molecule has 3 rings (SSSR count). The van der Waals surface area contributed by atoms with Crippen LogP contribution in [-0.2, 0) is 14.3 Å². The number of morpholine rings is 1. The average molecular weight is 363 g/mol. The Kier molecular flexibility index (Phi) is 5.66. The number of nitrogens with zero attached hydrogens (tertiary/aromatic N) is 1. The molecule has 0 radical (unpaired) electrons. The van der Waals surface area contributed by atoms with E-state index in [2.05, 4.69) is 29.4 Å². The summed E-state index contributed by atoms with van der Waals surface area (Å²) in [6.45, 7) is 8.02. The van der Waals surface area contributed by atoms with Crippen molar-refractivity contribution in [3.8, 4) is 0 Å². The number of nitrogens with one attached hydrogen (secondary N) is 2. The monoisotopic (exact) mass is 363 g/mol. The highest BCUT2D eigenvalue weighted by molar-refractivity contribution is 8.01. The molecule has 1 fully saturated rings. The van der Waals surface area contributed by atoms with Crippen LogP contribution in [0.5, 0.6) is 0 Å². The number of hydrogen-bond acceptors (Lipinski definition) is 5. The largest absolute Gasteiger partial charge is 0.379 e. The maximum atomic E-state index is 12.4. The lowest BCUT2D eigenvalue weighted by Gasteiger charge is -2.40. The number of fused-ring (bicyclic) bond motifs is 1. The van der Waals surface area contributed by atoms with Gasteiger partial charge in [0, 0.05) is 36.5 Å². The van der Waals surface area contributed by atoms with E-state index < -0.39 is 0 Å². The van der Waals surface area contributed by atoms with Gasteiger partial charge in [-0.05, 0) is 26.0 Å². The predicted octanol–water partition coefficient (Wildman–Crippen LogP) is 1.72. The fourth-order valence-corrected chi connectivity index (χ4v) is 4.17. The van der Waals surface area contributed by atoms with Crippen molar-refractivity contribution in [2.75, 3.05) is 38.2 Å². The minimum Gasteiger partial charge on any atom is -0.379 e. The van der Waals surface area contributed by atoms with E-state index in [4.69, 9.17) is 4.74 Å². The molecule has 136 valence electrons. The number of benzene rings is 1. The van der Waals surface area contributed by atoms with E-state index in [0.717, 1.165) is 36.9 Å². The standard InChI is InChI=1S/C18H25N3O3S/c1-18(2,21-7-9-24-10-8-21)12-19-16(22)11-15-17(23)20-13-5-3-4-6-14(13)25-15/h3-6,15H,7-12H2,1-2H3,(H,19,22)(H,20,23)/t15-/m1/s1. The Hall–Kier alpha value is -1.57. The molecule has 25 heavy (non-hydrogen) atoms. The van der Waals surface area contributed by atoms with Crippen LogP contribution < -0.4 is 10.6 Å². The molecule has 2 amide bonds. The Labute approximate surface area is 152 Å². The number of carbonyl (C=O) groups excluding carboxylic acids is 2. The molecule has 2 heterocycles. The fourth-order valence-electron chi connectivity index (χ4n) is 3.06. The summed E-state index contributed by atoms with van der Waals surface area (Å²) < 4.78 is 5.39. The van der Waals surface area contributed by atoms with E-state index in [1.165, 1.54) is 11.8 Å². The number of hydrogen-bond donors (Lipinski definition) is 2. The summed E-state index contributed by atoms with van der Waals surface area (Å²) in [6.07, 6.45) is 0.185. The summed E-state index contributed by atoms with van der Waals surface area (Å²) in [5.74, 6) is -0.195. The van der Waals surface area contributed by atoms with Gasteiger partial charge in [-0.25, -0.2) is 0 Å². The second-order valence-electron chi connectivity index (χ2n) is 6.98. The van der Waals surface area contributed by atoms with Gasteiger partial charge in [-0.15, -0.1) is 11.8 Å². The maximum Gasteiger partial charge on any atom is 0.238 e. The molecule has 0 aliphatic carbocycles. The Bertz CT molecular complexity index is 644. The lowest BCUT2D eigenvalue weighted by molar-refractivity contribution is -0.124. The smallest absolute Gasteiger partial charge is 0.238 e. The topological polar surface area (TPSA) is 70.7 Å². The molecule has 1 aromatic carbocycles. The third kappa shape index (κ3) is 4.54. The summed E-state index contributed by atoms with van der Waals surface area (Å²) in [4.78, 5) is 27.9. The van der Waals surface area contributed by atoms with Crippen molar-refractivity contribution in [3.05, 3.63) is 24.3 Å². The van der Waals surface area contributed by atoms with Gasteiger partial charge < -0.3 is 15.4 Å². The molecule has 0 aromatic heterocycles. The van der Waals surface area contributed by atoms with Gasteiger partial charge in [0.05, 0.1) is 24.2 Å². The second kappa shape index (κ2) is 7.76. The van der Waals surface area contributed by atoms with Gasteiger partial charge in [0.1, 0.15) is 0 Å². The molecule has 0 bridgehead atoms. The molecule has 7 heteroatoms. The minimum absolute atomic E-state index is 0.0895. The molecule has 1 aromatic rings. The van der Waals surface area contributed by atoms with Crippen LogP contribution in [0.3, 0.4) is 0 Å². The van der Waals surface area contributed by atoms with Crippen molar-refractivity contribution in [1.82, 2.24) is 10.2 Å². The van der Waals surface area contributed by atoms with Crippen LogP contribution in [0.2, 0.25) is 0 Å². The van der Waals surface area contributed by atoms with E-state index in [9.17, 15) is 9.59 Å². The highest BCUT2D eigenvalue weighted by Crippen LogP contribution is 2.36. The minimum atomic E-state index is -0.388. The highest BCUT2D eigenvalue weighted by Gasteiger charge is 2.31. The van der Waals surface area contributed by atoms with Crippen LogP contribution >= 0.6 is 11.8 Å². The third-order valence-electron chi connectivity index (χ3n) is 4.66. The van der Waals surface area contributed by atoms with E-state index in [1.807, 2.05) is 24.3 Å². The molecule has 2 aliphatic rings. The van der Waals surface area contributed by atoms with Crippen LogP contribution in [0, 0.1) is 0 Å². The van der Waals surface area contributed by atoms with Gasteiger partial charge in [0.2, 0.25) is 11.8 Å². The molecule has 0 unspecified atom stereocenters. The summed E-state index contributed by atoms with van der Waals surface area (Å²) >= 11 is 1.46. The van der Waals surface area contributed by atoms with Crippen molar-refractivity contribution < 1.29 is 14.3 Å². The molecule has 1 saturated heterocycles. The quantitative estimate of drug-likeness (QED) is 0.834. The van der Waals surface area contributed by atoms with Crippen molar-refractivity contribution in [1.29, 1.82) is 0 Å². The molecular formula is C18H25N3O3S. The van der Waals surface area contributed by atoms with Crippen LogP contribution in [0.4, 0.5) is 5.69 Å². The summed E-state index contributed by atoms with van der Waals surface area (Å²) in [5.41, 5.74) is 0.691. The first-order valence-electron chi connectivity index (χ1n) is 8.62. The molecule has 2 N–H and O–H groups in total. The van der Waals surface area contributed by atoms with Crippen LogP contribution in [0.1, 0.15) is 20.3 Å². The number of para-hydroxylation sites is 1. The normalized spacial score (nSPS) is 21.4. The van der Waals surface area contributed by atoms with Gasteiger partial charge >= 0.3 is 0 Å². The molecule has 1 atom stereocenters. The number of amides is 2. The Morgan fingerprint density at radius 2 is 2.08 bits per heavy atom. The molecule has 6 nitrogen and oxygen atoms in total. The number of thioether (sulfide) groups is 1. The first-order valence-corrected chi connectivity index (χ1v) is 9.50. The Morgan fingerprint density at radius 1 is 1.36 bits per heavy atom. The summed E-state index contributed by atoms with van der Waals surface area (Å²) in [6, 6.07) is 7.67. The summed E-state index contributed by atoms with van der Waals surface area (Å²) in [5, 5.41) is 5.49. The predicted molar refractivity (Wildman–Crippen MR) is 98.8 cm³/mol. The van der Waals surface area contributed by atoms with Gasteiger partial charge in [0.25, 0.3) is 0 Å². The van der Waals surface area contributed by atoms with Crippen LogP contribution in [0.25, 0.3) is 0 Å². The van der Waals surface area contributed by atoms with Crippen LogP contribution in [0.15, 0.2) is 29.2 Å². The van der Waals surface area contributed by atoms with Crippen LogP contribution in [-0.4, -0.2) is 60.4 Å². The summed E-state index contributed by atoms with van der Waals surface area (Å²) in [7, 11) is 0. The zero-order valence-electron chi connectivity index (χ0n) is 14.7. The van der Waals surface area contributed by atoms with E-state index in [0.29, 0.717) is 6.54 Å². The van der Waals surface area contributed by atoms with Gasteiger partial charge in [-0.1, -0.05) is 12.1 Å². The van der Waals surface area contributed by atoms with Gasteiger partial charge in [-0.3, -0.25) is 14.5 Å². The number of carbonyl (C=O) groups is 2. The highest BCUT2D eigenvalue weighted by atomic mass is 32.2. The average Bonchev–Trinajstić information content (AvgIpc) is 2.61. The Balaban J connectivity index is 1.51. The first-order chi connectivity index (χ1) is 12.0. The number of rotatable bonds is 5. The van der Waals surface area contributed by atoms with Gasteiger partial charge in [0.15, 0.2) is 0 Å². The number of ether oxygens (including phenoxy) is 1. The zero-order chi connectivity index (χ0) is 17.9. The molecule has 0 spiro atoms. The zero-order valence-corrected chi connectivity index (χ0v) is 15.5. The molecule has 0 saturated carbocycles. The Morgan fingerprint density at radius 3 is 2.84 bits per heavy atom. The lowest BCUT2D eigenvalue weighted by Crippen LogP contribution is -2.55. The fraction of sp³-hybridized carbons (Fsp3) is 0.556. The van der Waals surface area contributed by atoms with Crippen molar-refractivity contribution >= 4 is 29.3 Å². The second-order valence-corrected chi connectivity index (χ2v) is 8.23. The SMILES string of the molecule is CC(C)(CNC(=O)C[C@H]1Sc2ccccc2NC1=O)N1CCOCC1. The van der Waals surface area contributed by atoms with Gasteiger partial charge in [-0.2, -0.15) is 0 Å². The number of anilines is 1. The maximum absolute atomic E-state index is 12.4. The third-order valence-corrected chi connectivity index (χ3v) is 5.94.